The molecule has 1 unspecified atom stereocenters. The number of benzene rings is 1. The SMILES string of the molecule is CCNC(C)c1ccc(-c2cc([N+](=O)[O-])ccc2Br)o1. The summed E-state index contributed by atoms with van der Waals surface area (Å²) >= 11 is 3.40. The lowest BCUT2D eigenvalue weighted by Gasteiger charge is -2.08. The van der Waals surface area contributed by atoms with Crippen LogP contribution in [0.3, 0.4) is 0 Å². The van der Waals surface area contributed by atoms with E-state index in [-0.39, 0.29) is 11.7 Å². The van der Waals surface area contributed by atoms with Gasteiger partial charge in [-0.25, -0.2) is 0 Å². The molecule has 0 aliphatic carbocycles. The van der Waals surface area contributed by atoms with Gasteiger partial charge in [-0.15, -0.1) is 0 Å². The number of hydrogen-bond acceptors (Lipinski definition) is 4. The Hall–Kier alpha value is -1.66. The average molecular weight is 339 g/mol. The van der Waals surface area contributed by atoms with Crippen LogP contribution in [0.5, 0.6) is 0 Å². The van der Waals surface area contributed by atoms with Crippen LogP contribution in [0.2, 0.25) is 0 Å². The van der Waals surface area contributed by atoms with E-state index in [4.69, 9.17) is 4.42 Å². The molecule has 0 spiro atoms. The first-order valence-corrected chi connectivity index (χ1v) is 7.09. The van der Waals surface area contributed by atoms with E-state index in [2.05, 4.69) is 21.2 Å². The summed E-state index contributed by atoms with van der Waals surface area (Å²) in [6, 6.07) is 8.43. The maximum absolute atomic E-state index is 10.8. The van der Waals surface area contributed by atoms with Crippen molar-refractivity contribution in [1.29, 1.82) is 0 Å². The molecule has 1 N–H and O–H groups in total. The predicted molar refractivity (Wildman–Crippen MR) is 80.6 cm³/mol. The van der Waals surface area contributed by atoms with Gasteiger partial charge in [0.15, 0.2) is 0 Å². The number of nitro groups is 1. The Morgan fingerprint density at radius 1 is 1.40 bits per heavy atom. The van der Waals surface area contributed by atoms with Crippen LogP contribution in [-0.2, 0) is 0 Å². The number of halogens is 1. The molecule has 106 valence electrons. The molecule has 0 saturated heterocycles. The number of nitrogens with one attached hydrogen (secondary N) is 1. The van der Waals surface area contributed by atoms with Crippen molar-refractivity contribution in [3.63, 3.8) is 0 Å². The van der Waals surface area contributed by atoms with Crippen LogP contribution >= 0.6 is 15.9 Å². The van der Waals surface area contributed by atoms with Gasteiger partial charge in [0.25, 0.3) is 5.69 Å². The van der Waals surface area contributed by atoms with Gasteiger partial charge in [-0.1, -0.05) is 22.9 Å². The van der Waals surface area contributed by atoms with Gasteiger partial charge in [0.05, 0.1) is 11.0 Å². The van der Waals surface area contributed by atoms with Crippen LogP contribution in [0.25, 0.3) is 11.3 Å². The van der Waals surface area contributed by atoms with Gasteiger partial charge in [0.1, 0.15) is 11.5 Å². The highest BCUT2D eigenvalue weighted by atomic mass is 79.9. The largest absolute Gasteiger partial charge is 0.459 e. The topological polar surface area (TPSA) is 68.3 Å². The molecular formula is C14H15BrN2O3. The molecule has 1 aromatic heterocycles. The number of nitro benzene ring substituents is 1. The van der Waals surface area contributed by atoms with E-state index >= 15 is 0 Å². The fourth-order valence-electron chi connectivity index (χ4n) is 1.95. The highest BCUT2D eigenvalue weighted by Crippen LogP contribution is 2.33. The Kier molecular flexibility index (Phi) is 4.57. The lowest BCUT2D eigenvalue weighted by Crippen LogP contribution is -2.16. The maximum atomic E-state index is 10.8. The van der Waals surface area contributed by atoms with Crippen LogP contribution in [0.4, 0.5) is 5.69 Å². The Morgan fingerprint density at radius 3 is 2.80 bits per heavy atom. The molecule has 0 fully saturated rings. The summed E-state index contributed by atoms with van der Waals surface area (Å²) < 4.78 is 6.55. The summed E-state index contributed by atoms with van der Waals surface area (Å²) in [4.78, 5) is 10.4. The minimum Gasteiger partial charge on any atom is -0.459 e. The zero-order valence-electron chi connectivity index (χ0n) is 11.2. The van der Waals surface area contributed by atoms with E-state index in [1.165, 1.54) is 12.1 Å². The Balaban J connectivity index is 2.36. The van der Waals surface area contributed by atoms with E-state index in [1.54, 1.807) is 6.07 Å². The summed E-state index contributed by atoms with van der Waals surface area (Å²) in [5.41, 5.74) is 0.718. The van der Waals surface area contributed by atoms with E-state index < -0.39 is 4.92 Å². The standard InChI is InChI=1S/C14H15BrN2O3/c1-3-16-9(2)13-6-7-14(20-13)11-8-10(17(18)19)4-5-12(11)15/h4-9,16H,3H2,1-2H3. The van der Waals surface area contributed by atoms with Gasteiger partial charge in [-0.2, -0.15) is 0 Å². The lowest BCUT2D eigenvalue weighted by molar-refractivity contribution is -0.384. The minimum absolute atomic E-state index is 0.0425. The monoisotopic (exact) mass is 338 g/mol. The van der Waals surface area contributed by atoms with Gasteiger partial charge in [-0.3, -0.25) is 10.1 Å². The fourth-order valence-corrected chi connectivity index (χ4v) is 2.39. The molecule has 0 radical (unpaired) electrons. The summed E-state index contributed by atoms with van der Waals surface area (Å²) in [5.74, 6) is 1.42. The smallest absolute Gasteiger partial charge is 0.270 e. The third-order valence-corrected chi connectivity index (χ3v) is 3.68. The van der Waals surface area contributed by atoms with Gasteiger partial charge >= 0.3 is 0 Å². The zero-order valence-corrected chi connectivity index (χ0v) is 12.8. The summed E-state index contributed by atoms with van der Waals surface area (Å²) in [6.07, 6.45) is 0. The Morgan fingerprint density at radius 2 is 2.15 bits per heavy atom. The zero-order chi connectivity index (χ0) is 14.7. The van der Waals surface area contributed by atoms with Crippen molar-refractivity contribution in [1.82, 2.24) is 5.32 Å². The van der Waals surface area contributed by atoms with Crippen LogP contribution in [0.15, 0.2) is 39.2 Å². The number of rotatable bonds is 5. The minimum atomic E-state index is -0.416. The van der Waals surface area contributed by atoms with Crippen LogP contribution in [0.1, 0.15) is 25.6 Å². The molecule has 0 bridgehead atoms. The second-order valence-electron chi connectivity index (χ2n) is 4.40. The summed E-state index contributed by atoms with van der Waals surface area (Å²) in [6.45, 7) is 4.88. The van der Waals surface area contributed by atoms with Crippen molar-refractivity contribution in [3.05, 3.63) is 50.7 Å². The van der Waals surface area contributed by atoms with Gasteiger partial charge in [0.2, 0.25) is 0 Å². The molecule has 0 saturated carbocycles. The van der Waals surface area contributed by atoms with E-state index in [1.807, 2.05) is 26.0 Å². The second kappa shape index (κ2) is 6.19. The Bertz CT molecular complexity index is 625. The van der Waals surface area contributed by atoms with Gasteiger partial charge < -0.3 is 9.73 Å². The normalized spacial score (nSPS) is 12.3. The van der Waals surface area contributed by atoms with Gasteiger partial charge in [-0.05, 0) is 31.7 Å². The number of nitrogens with zero attached hydrogens (tertiary/aromatic N) is 1. The van der Waals surface area contributed by atoms with Crippen LogP contribution in [-0.4, -0.2) is 11.5 Å². The van der Waals surface area contributed by atoms with Crippen LogP contribution in [0, 0.1) is 10.1 Å². The summed E-state index contributed by atoms with van der Waals surface area (Å²) in [7, 11) is 0. The number of non-ortho nitro benzene ring substituents is 1. The van der Waals surface area contributed by atoms with Crippen molar-refractivity contribution in [2.75, 3.05) is 6.54 Å². The van der Waals surface area contributed by atoms with E-state index in [0.29, 0.717) is 11.3 Å². The molecule has 1 heterocycles. The molecule has 20 heavy (non-hydrogen) atoms. The molecule has 0 aliphatic rings. The molecule has 2 rings (SSSR count). The third-order valence-electron chi connectivity index (χ3n) is 2.99. The highest BCUT2D eigenvalue weighted by Gasteiger charge is 2.15. The van der Waals surface area contributed by atoms with Crippen LogP contribution < -0.4 is 5.32 Å². The molecule has 1 aromatic carbocycles. The maximum Gasteiger partial charge on any atom is 0.270 e. The van der Waals surface area contributed by atoms with Gasteiger partial charge in [0, 0.05) is 22.2 Å². The average Bonchev–Trinajstić information content (AvgIpc) is 2.88. The molecular weight excluding hydrogens is 324 g/mol. The van der Waals surface area contributed by atoms with Crippen molar-refractivity contribution in [3.8, 4) is 11.3 Å². The fraction of sp³-hybridized carbons (Fsp3) is 0.286. The number of furan rings is 1. The van der Waals surface area contributed by atoms with Crippen molar-refractivity contribution < 1.29 is 9.34 Å². The first-order valence-electron chi connectivity index (χ1n) is 6.30. The molecule has 5 nitrogen and oxygen atoms in total. The quantitative estimate of drug-likeness (QED) is 0.652. The second-order valence-corrected chi connectivity index (χ2v) is 5.26. The summed E-state index contributed by atoms with van der Waals surface area (Å²) in [5, 5.41) is 14.1. The van der Waals surface area contributed by atoms with E-state index in [0.717, 1.165) is 16.8 Å². The number of hydrogen-bond donors (Lipinski definition) is 1. The first kappa shape index (κ1) is 14.7. The molecule has 0 aliphatic heterocycles. The van der Waals surface area contributed by atoms with Crippen molar-refractivity contribution in [2.45, 2.75) is 19.9 Å². The lowest BCUT2D eigenvalue weighted by atomic mass is 10.1. The van der Waals surface area contributed by atoms with Crippen molar-refractivity contribution >= 4 is 21.6 Å². The van der Waals surface area contributed by atoms with Crippen molar-refractivity contribution in [2.24, 2.45) is 0 Å². The molecule has 1 atom stereocenters. The highest BCUT2D eigenvalue weighted by molar-refractivity contribution is 9.10. The first-order chi connectivity index (χ1) is 9.52. The Labute approximate surface area is 125 Å². The predicted octanol–water partition coefficient (Wildman–Crippen LogP) is 4.29. The third kappa shape index (κ3) is 3.08. The molecule has 0 amide bonds. The van der Waals surface area contributed by atoms with E-state index in [9.17, 15) is 10.1 Å². The molecule has 6 heteroatoms. The molecule has 2 aromatic rings.